The molecule has 2 aromatic rings. The maximum atomic E-state index is 13.0. The van der Waals surface area contributed by atoms with E-state index in [0.717, 1.165) is 37.8 Å². The molecular weight excluding hydrogens is 357 g/mol. The second kappa shape index (κ2) is 6.67. The predicted molar refractivity (Wildman–Crippen MR) is 93.6 cm³/mol. The average molecular weight is 378 g/mol. The molecule has 2 aliphatic carbocycles. The van der Waals surface area contributed by atoms with E-state index in [1.54, 1.807) is 6.07 Å². The minimum absolute atomic E-state index is 0.0681. The number of benzene rings is 1. The molecule has 0 radical (unpaired) electrons. The summed E-state index contributed by atoms with van der Waals surface area (Å²) in [5.74, 6) is 0.305. The molecule has 5 nitrogen and oxygen atoms in total. The molecule has 0 aliphatic heterocycles. The number of carbonyl (C=O) groups is 1. The van der Waals surface area contributed by atoms with Crippen LogP contribution < -0.4 is 11.1 Å². The highest BCUT2D eigenvalue weighted by Crippen LogP contribution is 2.43. The third-order valence-corrected chi connectivity index (χ3v) is 5.19. The summed E-state index contributed by atoms with van der Waals surface area (Å²) in [6.45, 7) is 0.372. The van der Waals surface area contributed by atoms with Gasteiger partial charge in [-0.05, 0) is 49.8 Å². The van der Waals surface area contributed by atoms with Crippen LogP contribution in [0.25, 0.3) is 5.69 Å². The van der Waals surface area contributed by atoms with Crippen LogP contribution in [0.15, 0.2) is 30.5 Å². The monoisotopic (exact) mass is 378 g/mol. The predicted octanol–water partition coefficient (Wildman–Crippen LogP) is 3.24. The maximum Gasteiger partial charge on any atom is 0.416 e. The fourth-order valence-electron chi connectivity index (χ4n) is 3.42. The van der Waals surface area contributed by atoms with Gasteiger partial charge in [0.25, 0.3) is 5.91 Å². The lowest BCUT2D eigenvalue weighted by Crippen LogP contribution is -2.41. The van der Waals surface area contributed by atoms with Crippen LogP contribution in [-0.2, 0) is 6.18 Å². The van der Waals surface area contributed by atoms with Crippen LogP contribution >= 0.6 is 0 Å². The molecule has 3 N–H and O–H groups in total. The van der Waals surface area contributed by atoms with Gasteiger partial charge in [-0.15, -0.1) is 0 Å². The van der Waals surface area contributed by atoms with Crippen LogP contribution in [-0.4, -0.2) is 28.3 Å². The number of amides is 1. The molecular formula is C19H21F3N4O. The smallest absolute Gasteiger partial charge is 0.348 e. The minimum Gasteiger partial charge on any atom is -0.348 e. The van der Waals surface area contributed by atoms with E-state index < -0.39 is 11.7 Å². The van der Waals surface area contributed by atoms with Gasteiger partial charge in [0.05, 0.1) is 28.7 Å². The third-order valence-electron chi connectivity index (χ3n) is 5.19. The second-order valence-electron chi connectivity index (χ2n) is 7.33. The molecule has 1 aromatic heterocycles. The zero-order valence-corrected chi connectivity index (χ0v) is 14.7. The number of aromatic nitrogens is 2. The first-order chi connectivity index (χ1) is 12.9. The van der Waals surface area contributed by atoms with Gasteiger partial charge in [0.15, 0.2) is 0 Å². The quantitative estimate of drug-likeness (QED) is 0.811. The first-order valence-electron chi connectivity index (χ1n) is 9.15. The first-order valence-corrected chi connectivity index (χ1v) is 9.15. The highest BCUT2D eigenvalue weighted by atomic mass is 19.4. The van der Waals surface area contributed by atoms with Gasteiger partial charge < -0.3 is 11.1 Å². The molecule has 2 aliphatic rings. The average Bonchev–Trinajstić information content (AvgIpc) is 3.57. The highest BCUT2D eigenvalue weighted by Gasteiger charge is 2.36. The Bertz CT molecular complexity index is 853. The van der Waals surface area contributed by atoms with Crippen molar-refractivity contribution in [3.05, 3.63) is 47.3 Å². The van der Waals surface area contributed by atoms with Crippen molar-refractivity contribution in [2.24, 2.45) is 11.7 Å². The lowest BCUT2D eigenvalue weighted by molar-refractivity contribution is -0.137. The van der Waals surface area contributed by atoms with Gasteiger partial charge in [0.1, 0.15) is 0 Å². The molecule has 1 atom stereocenters. The second-order valence-corrected chi connectivity index (χ2v) is 7.33. The summed E-state index contributed by atoms with van der Waals surface area (Å²) in [5.41, 5.74) is 6.44. The number of nitrogens with one attached hydrogen (secondary N) is 1. The van der Waals surface area contributed by atoms with Crippen LogP contribution in [0, 0.1) is 5.92 Å². The lowest BCUT2D eigenvalue weighted by atomic mass is 10.1. The Balaban J connectivity index is 1.66. The Labute approximate surface area is 154 Å². The van der Waals surface area contributed by atoms with Gasteiger partial charge in [-0.2, -0.15) is 18.3 Å². The standard InChI is InChI=1S/C19H21F3N4O/c20-19(21,22)13-2-1-3-14(8-13)26-17(12-6-7-12)15(10-24-26)18(27)25-16(9-23)11-4-5-11/h1-3,8,10-12,16H,4-7,9,23H2,(H,25,27). The molecule has 4 rings (SSSR count). The van der Waals surface area contributed by atoms with Crippen molar-refractivity contribution < 1.29 is 18.0 Å². The van der Waals surface area contributed by atoms with E-state index in [-0.39, 0.29) is 17.9 Å². The van der Waals surface area contributed by atoms with Crippen molar-refractivity contribution in [3.63, 3.8) is 0 Å². The van der Waals surface area contributed by atoms with Crippen molar-refractivity contribution in [2.75, 3.05) is 6.54 Å². The summed E-state index contributed by atoms with van der Waals surface area (Å²) in [5, 5.41) is 7.21. The molecule has 27 heavy (non-hydrogen) atoms. The molecule has 1 unspecified atom stereocenters. The third kappa shape index (κ3) is 3.71. The van der Waals surface area contributed by atoms with Gasteiger partial charge in [-0.25, -0.2) is 4.68 Å². The summed E-state index contributed by atoms with van der Waals surface area (Å²) >= 11 is 0. The molecule has 0 bridgehead atoms. The Kier molecular flexibility index (Phi) is 4.46. The number of halogens is 3. The van der Waals surface area contributed by atoms with Crippen LogP contribution in [0.4, 0.5) is 13.2 Å². The van der Waals surface area contributed by atoms with Crippen molar-refractivity contribution in [2.45, 2.75) is 43.8 Å². The summed E-state index contributed by atoms with van der Waals surface area (Å²) in [6.07, 6.45) is 0.926. The van der Waals surface area contributed by atoms with Crippen LogP contribution in [0.3, 0.4) is 0 Å². The number of nitrogens with zero attached hydrogens (tertiary/aromatic N) is 2. The molecule has 2 fully saturated rings. The van der Waals surface area contributed by atoms with E-state index in [1.165, 1.54) is 16.9 Å². The van der Waals surface area contributed by atoms with E-state index in [9.17, 15) is 18.0 Å². The van der Waals surface area contributed by atoms with E-state index in [0.29, 0.717) is 29.4 Å². The van der Waals surface area contributed by atoms with Gasteiger partial charge in [0, 0.05) is 18.5 Å². The fourth-order valence-corrected chi connectivity index (χ4v) is 3.42. The molecule has 1 heterocycles. The highest BCUT2D eigenvalue weighted by molar-refractivity contribution is 5.95. The summed E-state index contributed by atoms with van der Waals surface area (Å²) in [4.78, 5) is 12.8. The molecule has 8 heteroatoms. The molecule has 2 saturated carbocycles. The van der Waals surface area contributed by atoms with Crippen molar-refractivity contribution >= 4 is 5.91 Å². The summed E-state index contributed by atoms with van der Waals surface area (Å²) in [6, 6.07) is 4.95. The topological polar surface area (TPSA) is 72.9 Å². The number of hydrogen-bond acceptors (Lipinski definition) is 3. The van der Waals surface area contributed by atoms with E-state index in [2.05, 4.69) is 10.4 Å². The van der Waals surface area contributed by atoms with E-state index in [1.807, 2.05) is 0 Å². The van der Waals surface area contributed by atoms with Crippen molar-refractivity contribution in [1.29, 1.82) is 0 Å². The maximum absolute atomic E-state index is 13.0. The molecule has 1 amide bonds. The zero-order valence-electron chi connectivity index (χ0n) is 14.7. The van der Waals surface area contributed by atoms with Crippen LogP contribution in [0.1, 0.15) is 53.2 Å². The lowest BCUT2D eigenvalue weighted by Gasteiger charge is -2.16. The summed E-state index contributed by atoms with van der Waals surface area (Å²) in [7, 11) is 0. The number of hydrogen-bond donors (Lipinski definition) is 2. The van der Waals surface area contributed by atoms with Gasteiger partial charge >= 0.3 is 6.18 Å². The van der Waals surface area contributed by atoms with Crippen LogP contribution in [0.2, 0.25) is 0 Å². The Morgan fingerprint density at radius 1 is 1.30 bits per heavy atom. The molecule has 144 valence electrons. The molecule has 0 saturated heterocycles. The largest absolute Gasteiger partial charge is 0.416 e. The summed E-state index contributed by atoms with van der Waals surface area (Å²) < 4.78 is 40.6. The Morgan fingerprint density at radius 3 is 2.63 bits per heavy atom. The number of rotatable bonds is 6. The van der Waals surface area contributed by atoms with Crippen LogP contribution in [0.5, 0.6) is 0 Å². The van der Waals surface area contributed by atoms with Gasteiger partial charge in [-0.3, -0.25) is 4.79 Å². The molecule has 1 aromatic carbocycles. The normalized spacial score (nSPS) is 18.4. The van der Waals surface area contributed by atoms with E-state index in [4.69, 9.17) is 5.73 Å². The number of nitrogens with two attached hydrogens (primary N) is 1. The Hall–Kier alpha value is -2.35. The fraction of sp³-hybridized carbons (Fsp3) is 0.474. The minimum atomic E-state index is -4.43. The van der Waals surface area contributed by atoms with Crippen molar-refractivity contribution in [1.82, 2.24) is 15.1 Å². The van der Waals surface area contributed by atoms with Crippen molar-refractivity contribution in [3.8, 4) is 5.69 Å². The van der Waals surface area contributed by atoms with Gasteiger partial charge in [-0.1, -0.05) is 6.07 Å². The van der Waals surface area contributed by atoms with Gasteiger partial charge in [0.2, 0.25) is 0 Å². The number of alkyl halides is 3. The SMILES string of the molecule is NCC(NC(=O)c1cnn(-c2cccc(C(F)(F)F)c2)c1C1CC1)C1CC1. The molecule has 0 spiro atoms. The first kappa shape index (κ1) is 18.0. The zero-order chi connectivity index (χ0) is 19.2. The Morgan fingerprint density at radius 2 is 2.04 bits per heavy atom. The number of carbonyl (C=O) groups excluding carboxylic acids is 1. The van der Waals surface area contributed by atoms with E-state index >= 15 is 0 Å².